The molecule has 0 bridgehead atoms. The van der Waals surface area contributed by atoms with Gasteiger partial charge in [-0.05, 0) is 26.3 Å². The number of nitrogens with zero attached hydrogens (tertiary/aromatic N) is 1. The van der Waals surface area contributed by atoms with Gasteiger partial charge in [-0.25, -0.2) is 15.2 Å². The van der Waals surface area contributed by atoms with Crippen molar-refractivity contribution < 1.29 is 19.0 Å². The molecule has 1 aliphatic rings. The maximum absolute atomic E-state index is 12.7. The fourth-order valence-corrected chi connectivity index (χ4v) is 3.23. The molecule has 1 amide bonds. The lowest BCUT2D eigenvalue weighted by molar-refractivity contribution is -0.171. The molecule has 2 aromatic rings. The van der Waals surface area contributed by atoms with E-state index in [0.29, 0.717) is 32.7 Å². The highest BCUT2D eigenvalue weighted by molar-refractivity contribution is 5.67. The number of benzene rings is 2. The van der Waals surface area contributed by atoms with Crippen molar-refractivity contribution in [3.63, 3.8) is 0 Å². The lowest BCUT2D eigenvalue weighted by atomic mass is 10.0. The molecule has 0 spiro atoms. The molecule has 0 saturated carbocycles. The van der Waals surface area contributed by atoms with Crippen LogP contribution in [-0.4, -0.2) is 36.5 Å². The molecule has 0 aliphatic carbocycles. The number of nitrogens with one attached hydrogen (secondary N) is 1. The third-order valence-corrected chi connectivity index (χ3v) is 4.52. The molecular weight excluding hydrogens is 368 g/mol. The van der Waals surface area contributed by atoms with Crippen LogP contribution in [0.5, 0.6) is 0 Å². The van der Waals surface area contributed by atoms with Gasteiger partial charge in [-0.3, -0.25) is 0 Å². The van der Waals surface area contributed by atoms with E-state index in [9.17, 15) is 4.79 Å². The van der Waals surface area contributed by atoms with Crippen molar-refractivity contribution >= 4 is 6.09 Å². The van der Waals surface area contributed by atoms with Crippen LogP contribution in [0.2, 0.25) is 0 Å². The van der Waals surface area contributed by atoms with Crippen LogP contribution in [0.3, 0.4) is 0 Å². The molecule has 1 aliphatic heterocycles. The van der Waals surface area contributed by atoms with Crippen molar-refractivity contribution in [3.05, 3.63) is 71.8 Å². The van der Waals surface area contributed by atoms with Crippen molar-refractivity contribution in [1.29, 1.82) is 0 Å². The molecule has 1 saturated heterocycles. The Bertz CT molecular complexity index is 768. The van der Waals surface area contributed by atoms with Gasteiger partial charge in [0.25, 0.3) is 0 Å². The Kier molecular flexibility index (Phi) is 6.90. The maximum atomic E-state index is 12.7. The number of ether oxygens (including phenoxy) is 3. The van der Waals surface area contributed by atoms with Crippen LogP contribution in [-0.2, 0) is 26.5 Å². The fourth-order valence-electron chi connectivity index (χ4n) is 3.23. The van der Waals surface area contributed by atoms with E-state index in [1.165, 1.54) is 5.01 Å². The molecule has 0 unspecified atom stereocenters. The smallest absolute Gasteiger partial charge is 0.425 e. The number of hydrogen-bond donors (Lipinski definition) is 1. The summed E-state index contributed by atoms with van der Waals surface area (Å²) in [4.78, 5) is 12.7. The first-order valence-electron chi connectivity index (χ1n) is 9.99. The fraction of sp³-hybridized carbons (Fsp3) is 0.435. The van der Waals surface area contributed by atoms with Gasteiger partial charge in [0, 0.05) is 18.5 Å². The summed E-state index contributed by atoms with van der Waals surface area (Å²) in [7, 11) is 0. The Morgan fingerprint density at radius 1 is 1.03 bits per heavy atom. The highest BCUT2D eigenvalue weighted by atomic mass is 16.7. The standard InChI is InChI=1S/C23H30N2O4/c1-22(2,3)29-21(26)25(18-19-10-6-4-7-11-19)24-15-14-23(27-16-17-28-23)20-12-8-5-9-13-20/h4-13,24H,14-18H2,1-3H3. The molecule has 1 fully saturated rings. The second-order valence-corrected chi connectivity index (χ2v) is 8.03. The molecular formula is C23H30N2O4. The van der Waals surface area contributed by atoms with E-state index in [0.717, 1.165) is 11.1 Å². The van der Waals surface area contributed by atoms with Gasteiger partial charge in [-0.2, -0.15) is 0 Å². The number of hydrazine groups is 1. The lowest BCUT2D eigenvalue weighted by Gasteiger charge is -2.31. The summed E-state index contributed by atoms with van der Waals surface area (Å²) >= 11 is 0. The van der Waals surface area contributed by atoms with Crippen molar-refractivity contribution in [2.75, 3.05) is 19.8 Å². The minimum Gasteiger partial charge on any atom is -0.443 e. The van der Waals surface area contributed by atoms with Gasteiger partial charge in [0.15, 0.2) is 5.79 Å². The van der Waals surface area contributed by atoms with Gasteiger partial charge in [-0.1, -0.05) is 60.7 Å². The summed E-state index contributed by atoms with van der Waals surface area (Å²) in [6.07, 6.45) is 0.147. The lowest BCUT2D eigenvalue weighted by Crippen LogP contribution is -2.46. The molecule has 156 valence electrons. The van der Waals surface area contributed by atoms with E-state index in [-0.39, 0.29) is 0 Å². The van der Waals surface area contributed by atoms with E-state index < -0.39 is 17.5 Å². The van der Waals surface area contributed by atoms with Crippen molar-refractivity contribution in [2.45, 2.75) is 45.1 Å². The molecule has 6 heteroatoms. The number of carbonyl (C=O) groups is 1. The summed E-state index contributed by atoms with van der Waals surface area (Å²) in [6, 6.07) is 19.7. The van der Waals surface area contributed by atoms with Crippen LogP contribution in [0.15, 0.2) is 60.7 Å². The molecule has 0 atom stereocenters. The second kappa shape index (κ2) is 9.39. The Morgan fingerprint density at radius 2 is 1.62 bits per heavy atom. The van der Waals surface area contributed by atoms with E-state index >= 15 is 0 Å². The Labute approximate surface area is 172 Å². The SMILES string of the molecule is CC(C)(C)OC(=O)N(Cc1ccccc1)NCCC1(c2ccccc2)OCCO1. The third-order valence-electron chi connectivity index (χ3n) is 4.52. The van der Waals surface area contributed by atoms with Crippen LogP contribution < -0.4 is 5.43 Å². The van der Waals surface area contributed by atoms with Crippen LogP contribution in [0.25, 0.3) is 0 Å². The van der Waals surface area contributed by atoms with Crippen LogP contribution in [0.4, 0.5) is 4.79 Å². The number of amides is 1. The van der Waals surface area contributed by atoms with E-state index in [4.69, 9.17) is 14.2 Å². The normalized spacial score (nSPS) is 15.8. The first-order valence-corrected chi connectivity index (χ1v) is 9.99. The van der Waals surface area contributed by atoms with Gasteiger partial charge >= 0.3 is 6.09 Å². The minimum atomic E-state index is -0.791. The topological polar surface area (TPSA) is 60.0 Å². The summed E-state index contributed by atoms with van der Waals surface area (Å²) in [5.74, 6) is -0.791. The summed E-state index contributed by atoms with van der Waals surface area (Å²) in [5, 5.41) is 1.51. The predicted octanol–water partition coefficient (Wildman–Crippen LogP) is 4.22. The van der Waals surface area contributed by atoms with Gasteiger partial charge in [-0.15, -0.1) is 0 Å². The van der Waals surface area contributed by atoms with Crippen molar-refractivity contribution in [3.8, 4) is 0 Å². The number of carbonyl (C=O) groups excluding carboxylic acids is 1. The zero-order chi connectivity index (χ0) is 20.7. The molecule has 1 heterocycles. The van der Waals surface area contributed by atoms with Crippen LogP contribution >= 0.6 is 0 Å². The summed E-state index contributed by atoms with van der Waals surface area (Å²) < 4.78 is 17.5. The number of hydrogen-bond acceptors (Lipinski definition) is 5. The molecule has 3 rings (SSSR count). The highest BCUT2D eigenvalue weighted by Gasteiger charge is 2.38. The van der Waals surface area contributed by atoms with Crippen molar-refractivity contribution in [2.24, 2.45) is 0 Å². The third kappa shape index (κ3) is 6.03. The maximum Gasteiger partial charge on any atom is 0.425 e. The first kappa shape index (κ1) is 21.3. The van der Waals surface area contributed by atoms with Gasteiger partial charge < -0.3 is 14.2 Å². The van der Waals surface area contributed by atoms with Gasteiger partial charge in [0.1, 0.15) is 5.60 Å². The molecule has 2 aromatic carbocycles. The highest BCUT2D eigenvalue weighted by Crippen LogP contribution is 2.34. The molecule has 0 aromatic heterocycles. The number of rotatable bonds is 7. The van der Waals surface area contributed by atoms with E-state index in [2.05, 4.69) is 5.43 Å². The van der Waals surface area contributed by atoms with Gasteiger partial charge in [0.2, 0.25) is 0 Å². The molecule has 0 radical (unpaired) electrons. The first-order chi connectivity index (χ1) is 13.9. The summed E-state index contributed by atoms with van der Waals surface area (Å²) in [5.41, 5.74) is 4.63. The minimum absolute atomic E-state index is 0.399. The van der Waals surface area contributed by atoms with E-state index in [1.807, 2.05) is 81.4 Å². The van der Waals surface area contributed by atoms with Crippen LogP contribution in [0, 0.1) is 0 Å². The Hall–Kier alpha value is -2.41. The zero-order valence-corrected chi connectivity index (χ0v) is 17.4. The molecule has 6 nitrogen and oxygen atoms in total. The monoisotopic (exact) mass is 398 g/mol. The predicted molar refractivity (Wildman–Crippen MR) is 111 cm³/mol. The second-order valence-electron chi connectivity index (χ2n) is 8.03. The molecule has 1 N–H and O–H groups in total. The van der Waals surface area contributed by atoms with Crippen molar-refractivity contribution in [1.82, 2.24) is 10.4 Å². The molecule has 29 heavy (non-hydrogen) atoms. The van der Waals surface area contributed by atoms with Gasteiger partial charge in [0.05, 0.1) is 19.8 Å². The Morgan fingerprint density at radius 3 is 2.21 bits per heavy atom. The average molecular weight is 399 g/mol. The van der Waals surface area contributed by atoms with Crippen LogP contribution in [0.1, 0.15) is 38.3 Å². The zero-order valence-electron chi connectivity index (χ0n) is 17.4. The average Bonchev–Trinajstić information content (AvgIpc) is 3.17. The summed E-state index contributed by atoms with van der Waals surface area (Å²) in [6.45, 7) is 7.56. The quantitative estimate of drug-likeness (QED) is 0.708. The Balaban J connectivity index is 1.67. The largest absolute Gasteiger partial charge is 0.443 e. The van der Waals surface area contributed by atoms with E-state index in [1.54, 1.807) is 0 Å².